The Morgan fingerprint density at radius 2 is 1.69 bits per heavy atom. The normalized spacial score (nSPS) is 31.6. The molecule has 1 aromatic rings. The molecule has 20 heteroatoms. The fourth-order valence-electron chi connectivity index (χ4n) is 9.82. The number of nitrogens with zero attached hydrogens (tertiary/aromatic N) is 3. The minimum atomic E-state index is -1.64. The first kappa shape index (κ1) is 55.5. The summed E-state index contributed by atoms with van der Waals surface area (Å²) in [4.78, 5) is 112. The van der Waals surface area contributed by atoms with Gasteiger partial charge in [-0.15, -0.1) is 16.8 Å². The molecule has 6 amide bonds. The highest BCUT2D eigenvalue weighted by atomic mass is 35.5. The monoisotopic (exact) mass is 1030 g/mol. The van der Waals surface area contributed by atoms with Gasteiger partial charge in [0, 0.05) is 58.7 Å². The van der Waals surface area contributed by atoms with Crippen LogP contribution in [0.3, 0.4) is 0 Å². The summed E-state index contributed by atoms with van der Waals surface area (Å²) < 4.78 is 24.4. The summed E-state index contributed by atoms with van der Waals surface area (Å²) in [5, 5.41) is 14.6. The van der Waals surface area contributed by atoms with Crippen LogP contribution in [0.5, 0.6) is 0 Å². The molecule has 18 nitrogen and oxygen atoms in total. The van der Waals surface area contributed by atoms with Crippen LogP contribution in [0.1, 0.15) is 118 Å². The number of hydrogen-bond acceptors (Lipinski definition) is 15. The number of esters is 1. The largest absolute Gasteiger partial charge is 0.457 e. The number of carbonyl (C=O) groups excluding carboxylic acids is 8. The van der Waals surface area contributed by atoms with Crippen LogP contribution in [0.4, 0.5) is 10.5 Å². The lowest BCUT2D eigenvalue weighted by atomic mass is 9.82. The molecule has 8 atom stereocenters. The van der Waals surface area contributed by atoms with E-state index in [0.29, 0.717) is 60.1 Å². The number of carbonyl (C=O) groups is 8. The van der Waals surface area contributed by atoms with E-state index in [4.69, 9.17) is 35.4 Å². The summed E-state index contributed by atoms with van der Waals surface area (Å²) in [7, 11) is 1.61. The van der Waals surface area contributed by atoms with Crippen molar-refractivity contribution in [2.24, 2.45) is 23.7 Å². The summed E-state index contributed by atoms with van der Waals surface area (Å²) >= 11 is 8.17. The summed E-state index contributed by atoms with van der Waals surface area (Å²) in [6, 6.07) is 3.82. The van der Waals surface area contributed by atoms with Crippen LogP contribution in [0, 0.1) is 30.6 Å². The fraction of sp³-hybridized carbons (Fsp3) is 0.647. The fourth-order valence-corrected chi connectivity index (χ4v) is 11.2. The summed E-state index contributed by atoms with van der Waals surface area (Å²) in [5.41, 5.74) is -1.17. The SMILES string of the molecule is CC(=O)N(OC(=O)C1CCC(CN2C(=O)CC(SCCCOC(C)(C)C(=O)O[C@H]3CC(=O)N(C)c4cc(cc(C)c4Cl)C/C(C)=C/C=C/[C@@H](C)[C@@]4(O)CC(OC(=O)N4)[C@@H](C)[C@@H]4O[C@@]34C)C2=O)CC1)C(C)=O. The molecular weight excluding hydrogens is 960 g/mol. The van der Waals surface area contributed by atoms with Crippen molar-refractivity contribution in [3.8, 4) is 0 Å². The van der Waals surface area contributed by atoms with Crippen molar-refractivity contribution in [3.63, 3.8) is 0 Å². The Labute approximate surface area is 424 Å². The van der Waals surface area contributed by atoms with Crippen molar-refractivity contribution in [1.29, 1.82) is 0 Å². The highest BCUT2D eigenvalue weighted by molar-refractivity contribution is 8.00. The minimum Gasteiger partial charge on any atom is -0.457 e. The lowest BCUT2D eigenvalue weighted by Gasteiger charge is -2.41. The third-order valence-electron chi connectivity index (χ3n) is 14.5. The van der Waals surface area contributed by atoms with Crippen LogP contribution < -0.4 is 10.2 Å². The van der Waals surface area contributed by atoms with Gasteiger partial charge in [-0.1, -0.05) is 55.3 Å². The highest BCUT2D eigenvalue weighted by Crippen LogP contribution is 2.49. The molecule has 71 heavy (non-hydrogen) atoms. The Bertz CT molecular complexity index is 2320. The van der Waals surface area contributed by atoms with Crippen LogP contribution in [-0.2, 0) is 63.8 Å². The summed E-state index contributed by atoms with van der Waals surface area (Å²) in [6.45, 7) is 14.9. The quantitative estimate of drug-likeness (QED) is 0.0816. The van der Waals surface area contributed by atoms with E-state index in [1.54, 1.807) is 27.8 Å². The van der Waals surface area contributed by atoms with Crippen molar-refractivity contribution in [1.82, 2.24) is 15.3 Å². The number of alkyl carbamates (subject to hydrolysis) is 1. The van der Waals surface area contributed by atoms with Gasteiger partial charge < -0.3 is 33.8 Å². The number of likely N-dealkylation sites (tertiary alicyclic amines) is 1. The smallest absolute Gasteiger partial charge is 0.409 e. The number of fused-ring (bicyclic) bond motifs is 5. The molecule has 1 aliphatic carbocycles. The number of imide groups is 2. The maximum atomic E-state index is 14.3. The number of amides is 6. The molecule has 0 spiro atoms. The number of hydrogen-bond donors (Lipinski definition) is 2. The minimum absolute atomic E-state index is 0.0116. The van der Waals surface area contributed by atoms with Gasteiger partial charge in [-0.05, 0) is 102 Å². The Balaban J connectivity index is 1.07. The van der Waals surface area contributed by atoms with Crippen molar-refractivity contribution in [2.75, 3.05) is 30.9 Å². The average molecular weight is 1030 g/mol. The summed E-state index contributed by atoms with van der Waals surface area (Å²) in [6.07, 6.45) is 4.99. The van der Waals surface area contributed by atoms with Gasteiger partial charge in [-0.2, -0.15) is 0 Å². The number of rotatable bonds is 11. The number of epoxide rings is 1. The predicted molar refractivity (Wildman–Crippen MR) is 262 cm³/mol. The lowest BCUT2D eigenvalue weighted by Crippen LogP contribution is -2.60. The van der Waals surface area contributed by atoms with Crippen LogP contribution in [0.15, 0.2) is 35.9 Å². The van der Waals surface area contributed by atoms with E-state index >= 15 is 0 Å². The van der Waals surface area contributed by atoms with Gasteiger partial charge in [0.05, 0.1) is 34.4 Å². The van der Waals surface area contributed by atoms with Gasteiger partial charge in [0.15, 0.2) is 5.60 Å². The molecule has 2 unspecified atom stereocenters. The third-order valence-corrected chi connectivity index (χ3v) is 16.3. The molecule has 4 heterocycles. The number of allylic oxidation sites excluding steroid dienone is 3. The standard InChI is InChI=1S/C51H69ClN4O14S/c1-28-13-11-14-30(3)51(65)26-38(67-48(64)53-51)31(4)44-50(9,69-44)40(25-41(59)54(10)37-23-35(21-28)22-29(2)43(37)52)68-47(63)49(7,8)66-19-12-20-71-39-24-42(60)55(45(39)61)27-34-15-17-36(18-16-34)46(62)70-56(32(5)57)33(6)58/h11,13-14,22-23,30-31,34,36,38-40,44,65H,12,15-21,24-27H2,1-10H3,(H,53,64)/b14-11+,28-13+/t30-,31-,34?,36?,38?,39?,40+,44+,50+,51+/m1/s1. The zero-order chi connectivity index (χ0) is 52.3. The number of ether oxygens (including phenoxy) is 4. The lowest BCUT2D eigenvalue weighted by molar-refractivity contribution is -0.204. The van der Waals surface area contributed by atoms with Crippen LogP contribution >= 0.6 is 23.4 Å². The number of hydroxylamine groups is 2. The first-order valence-electron chi connectivity index (χ1n) is 24.4. The van der Waals surface area contributed by atoms with Crippen molar-refractivity contribution in [2.45, 2.75) is 161 Å². The highest BCUT2D eigenvalue weighted by Gasteiger charge is 2.64. The van der Waals surface area contributed by atoms with Gasteiger partial charge in [-0.25, -0.2) is 14.4 Å². The molecule has 6 rings (SSSR count). The molecule has 3 saturated heterocycles. The second-order valence-corrected chi connectivity index (χ2v) is 22.2. The summed E-state index contributed by atoms with van der Waals surface area (Å²) in [5.74, 6) is -4.83. The zero-order valence-corrected chi connectivity index (χ0v) is 43.9. The second kappa shape index (κ2) is 22.5. The number of aliphatic hydroxyl groups is 1. The van der Waals surface area contributed by atoms with E-state index in [1.807, 2.05) is 58.1 Å². The first-order chi connectivity index (χ1) is 33.2. The zero-order valence-electron chi connectivity index (χ0n) is 42.4. The van der Waals surface area contributed by atoms with Crippen LogP contribution in [0.2, 0.25) is 5.02 Å². The molecule has 390 valence electrons. The van der Waals surface area contributed by atoms with E-state index < -0.39 is 94.0 Å². The van der Waals surface area contributed by atoms with Gasteiger partial charge >= 0.3 is 18.0 Å². The number of anilines is 1. The van der Waals surface area contributed by atoms with Gasteiger partial charge in [-0.3, -0.25) is 34.2 Å². The maximum absolute atomic E-state index is 14.3. The molecule has 1 aromatic carbocycles. The molecule has 4 bridgehead atoms. The number of nitrogens with one attached hydrogen (secondary N) is 1. The predicted octanol–water partition coefficient (Wildman–Crippen LogP) is 6.29. The maximum Gasteiger partial charge on any atom is 0.409 e. The first-order valence-corrected chi connectivity index (χ1v) is 25.8. The molecule has 4 aliphatic heterocycles. The molecule has 5 aliphatic rings. The van der Waals surface area contributed by atoms with Gasteiger partial charge in [0.1, 0.15) is 23.5 Å². The Kier molecular flexibility index (Phi) is 17.6. The Morgan fingerprint density at radius 3 is 2.35 bits per heavy atom. The number of benzene rings is 1. The second-order valence-electron chi connectivity index (χ2n) is 20.5. The average Bonchev–Trinajstić information content (AvgIpc) is 3.93. The molecule has 1 saturated carbocycles. The van der Waals surface area contributed by atoms with E-state index in [1.165, 1.54) is 21.6 Å². The van der Waals surface area contributed by atoms with E-state index in [2.05, 4.69) is 5.32 Å². The molecule has 0 aromatic heterocycles. The van der Waals surface area contributed by atoms with Crippen molar-refractivity contribution >= 4 is 76.6 Å². The van der Waals surface area contributed by atoms with E-state index in [9.17, 15) is 43.5 Å². The van der Waals surface area contributed by atoms with E-state index in [-0.39, 0.29) is 50.1 Å². The molecule has 2 N–H and O–H groups in total. The number of halogens is 1. The van der Waals surface area contributed by atoms with Crippen molar-refractivity contribution in [3.05, 3.63) is 52.1 Å². The topological polar surface area (TPSA) is 228 Å². The Morgan fingerprint density at radius 1 is 1.01 bits per heavy atom. The van der Waals surface area contributed by atoms with E-state index in [0.717, 1.165) is 30.5 Å². The Hall–Kier alpha value is -4.82. The van der Waals surface area contributed by atoms with Crippen LogP contribution in [-0.4, -0.2) is 129 Å². The number of aryl methyl sites for hydroxylation is 1. The molecule has 4 fully saturated rings. The third kappa shape index (κ3) is 13.1. The van der Waals surface area contributed by atoms with Gasteiger partial charge in [0.2, 0.25) is 17.7 Å². The molecular formula is C51H69ClN4O14S. The number of thioether (sulfide) groups is 1. The molecule has 0 radical (unpaired) electrons. The van der Waals surface area contributed by atoms with Crippen LogP contribution in [0.25, 0.3) is 0 Å². The van der Waals surface area contributed by atoms with Gasteiger partial charge in [0.25, 0.3) is 11.8 Å². The van der Waals surface area contributed by atoms with Crippen molar-refractivity contribution < 1.29 is 67.2 Å².